The Kier molecular flexibility index (Phi) is 16.7. The first-order valence-electron chi connectivity index (χ1n) is 15.1. The zero-order chi connectivity index (χ0) is 34.2. The molecule has 0 saturated carbocycles. The van der Waals surface area contributed by atoms with Gasteiger partial charge in [0.2, 0.25) is 0 Å². The van der Waals surface area contributed by atoms with E-state index in [-0.39, 0.29) is 17.9 Å². The maximum absolute atomic E-state index is 11.4. The van der Waals surface area contributed by atoms with E-state index in [4.69, 9.17) is 21.1 Å². The van der Waals surface area contributed by atoms with Crippen molar-refractivity contribution in [2.45, 2.75) is 52.3 Å². The number of amides is 1. The van der Waals surface area contributed by atoms with Crippen molar-refractivity contribution in [1.29, 1.82) is 0 Å². The summed E-state index contributed by atoms with van der Waals surface area (Å²) >= 11 is 11.7. The number of aliphatic carboxylic acids is 1. The number of thiazole rings is 1. The molecule has 0 aliphatic heterocycles. The fourth-order valence-electron chi connectivity index (χ4n) is 4.13. The van der Waals surface area contributed by atoms with Gasteiger partial charge in [0.1, 0.15) is 17.9 Å². The number of hydrogen-bond acceptors (Lipinski definition) is 9. The largest absolute Gasteiger partial charge is 0.483 e. The van der Waals surface area contributed by atoms with Crippen LogP contribution in [-0.4, -0.2) is 78.7 Å². The maximum atomic E-state index is 11.4. The smallest absolute Gasteiger partial charge is 0.411 e. The van der Waals surface area contributed by atoms with E-state index >= 15 is 0 Å². The minimum absolute atomic E-state index is 0.0592. The molecule has 3 atom stereocenters. The number of halogens is 1. The highest BCUT2D eigenvalue weighted by Gasteiger charge is 2.25. The Morgan fingerprint density at radius 2 is 1.87 bits per heavy atom. The number of allylic oxidation sites excluding steroid dienone is 4. The molecule has 1 aromatic heterocycles. The average molecular weight is 689 g/mol. The summed E-state index contributed by atoms with van der Waals surface area (Å²) in [6.45, 7) is 8.19. The number of nitrogens with one attached hydrogen (secondary N) is 1. The number of likely N-dealkylation sites (N-methyl/N-ethyl adjacent to an activating group) is 2. The van der Waals surface area contributed by atoms with Gasteiger partial charge in [0.15, 0.2) is 5.13 Å². The number of carbonyl (C=O) groups is 2. The number of rotatable bonds is 11. The summed E-state index contributed by atoms with van der Waals surface area (Å²) < 4.78 is 11.9. The molecular weight excluding hydrogens is 644 g/mol. The van der Waals surface area contributed by atoms with Gasteiger partial charge in [-0.1, -0.05) is 79.3 Å². The molecule has 1 heterocycles. The Morgan fingerprint density at radius 3 is 2.50 bits per heavy atom. The van der Waals surface area contributed by atoms with Crippen molar-refractivity contribution in [3.05, 3.63) is 83.4 Å². The summed E-state index contributed by atoms with van der Waals surface area (Å²) in [5.74, 6) is -0.0481. The molecule has 0 spiro atoms. The van der Waals surface area contributed by atoms with Crippen LogP contribution in [0.4, 0.5) is 15.6 Å². The van der Waals surface area contributed by atoms with E-state index in [2.05, 4.69) is 79.2 Å². The number of ether oxygens (including phenoxy) is 2. The van der Waals surface area contributed by atoms with Crippen LogP contribution in [0, 0.1) is 0 Å². The van der Waals surface area contributed by atoms with Crippen LogP contribution in [-0.2, 0) is 9.53 Å². The third kappa shape index (κ3) is 11.4. The zero-order valence-electron chi connectivity index (χ0n) is 27.4. The van der Waals surface area contributed by atoms with Crippen LogP contribution in [0.2, 0.25) is 5.02 Å². The van der Waals surface area contributed by atoms with Gasteiger partial charge in [-0.2, -0.15) is 12.6 Å². The van der Waals surface area contributed by atoms with Crippen LogP contribution >= 0.6 is 35.6 Å². The third-order valence-electron chi connectivity index (χ3n) is 6.82. The van der Waals surface area contributed by atoms with Gasteiger partial charge >= 0.3 is 12.1 Å². The van der Waals surface area contributed by atoms with Crippen LogP contribution < -0.4 is 15.0 Å². The van der Waals surface area contributed by atoms with E-state index in [0.29, 0.717) is 22.4 Å². The standard InChI is InChI=1S/C18H22ClNO.C14H17N3O4S2.C2H6/c1-14(20(2)3)18(15-10-6-4-5-7-11-15)21-17-13-9-8-12-16(17)19;1-3-21-14(20)15-8-4-5-9-11(6-8)23-13(16-9)17(2)10(7-22)12(18)19;1-2/h4-6,8-14,18H,7H2,1-3H3;4-6,10,22H,3,7H2,1-2H3,(H,15,20)(H,18,19);1-2H3/t;10-;/m.1./s1. The molecular formula is C34H45ClN4O5S2. The molecule has 0 fully saturated rings. The Morgan fingerprint density at radius 1 is 1.15 bits per heavy atom. The minimum Gasteiger partial charge on any atom is -0.483 e. The minimum atomic E-state index is -0.952. The Hall–Kier alpha value is -3.51. The number of nitrogens with zero attached hydrogens (tertiary/aromatic N) is 3. The number of aromatic nitrogens is 1. The Labute approximate surface area is 287 Å². The second-order valence-electron chi connectivity index (χ2n) is 10.1. The van der Waals surface area contributed by atoms with Crippen LogP contribution in [0.15, 0.2) is 78.4 Å². The van der Waals surface area contributed by atoms with Gasteiger partial charge in [-0.05, 0) is 70.3 Å². The molecule has 2 unspecified atom stereocenters. The maximum Gasteiger partial charge on any atom is 0.411 e. The number of anilines is 2. The van der Waals surface area contributed by atoms with Crippen molar-refractivity contribution < 1.29 is 24.2 Å². The highest BCUT2D eigenvalue weighted by Crippen LogP contribution is 2.32. The first-order chi connectivity index (χ1) is 22.0. The van der Waals surface area contributed by atoms with E-state index in [1.165, 1.54) is 16.9 Å². The number of para-hydroxylation sites is 1. The van der Waals surface area contributed by atoms with Gasteiger partial charge in [-0.15, -0.1) is 0 Å². The number of benzene rings is 2. The lowest BCUT2D eigenvalue weighted by molar-refractivity contribution is -0.137. The number of carboxylic acid groups (broad SMARTS) is 1. The summed E-state index contributed by atoms with van der Waals surface area (Å²) in [5, 5.41) is 13.0. The molecule has 12 heteroatoms. The molecule has 0 radical (unpaired) electrons. The topological polar surface area (TPSA) is 104 Å². The highest BCUT2D eigenvalue weighted by molar-refractivity contribution is 7.80. The molecule has 2 aromatic carbocycles. The summed E-state index contributed by atoms with van der Waals surface area (Å²) in [6.07, 6.45) is 10.9. The van der Waals surface area contributed by atoms with Crippen molar-refractivity contribution in [1.82, 2.24) is 9.88 Å². The summed E-state index contributed by atoms with van der Waals surface area (Å²) in [6, 6.07) is 12.4. The number of carboxylic acids is 1. The van der Waals surface area contributed by atoms with Crippen LogP contribution in [0.25, 0.3) is 10.2 Å². The van der Waals surface area contributed by atoms with E-state index in [0.717, 1.165) is 22.4 Å². The first kappa shape index (κ1) is 38.7. The fraction of sp³-hybridized carbons (Fsp3) is 0.382. The monoisotopic (exact) mass is 688 g/mol. The average Bonchev–Trinajstić information content (AvgIpc) is 3.27. The van der Waals surface area contributed by atoms with Crippen molar-refractivity contribution in [3.63, 3.8) is 0 Å². The van der Waals surface area contributed by atoms with E-state index < -0.39 is 18.1 Å². The summed E-state index contributed by atoms with van der Waals surface area (Å²) in [4.78, 5) is 30.8. The van der Waals surface area contributed by atoms with Gasteiger partial charge < -0.3 is 24.4 Å². The fourth-order valence-corrected chi connectivity index (χ4v) is 5.72. The van der Waals surface area contributed by atoms with E-state index in [9.17, 15) is 14.7 Å². The van der Waals surface area contributed by atoms with Crippen molar-refractivity contribution >= 4 is 68.7 Å². The van der Waals surface area contributed by atoms with Gasteiger partial charge in [-0.25, -0.2) is 14.6 Å². The molecule has 250 valence electrons. The van der Waals surface area contributed by atoms with E-state index in [1.807, 2.05) is 38.1 Å². The number of thiol groups is 1. The normalized spacial score (nSPS) is 14.0. The number of hydrogen-bond donors (Lipinski definition) is 3. The second-order valence-corrected chi connectivity index (χ2v) is 11.9. The van der Waals surface area contributed by atoms with Gasteiger partial charge in [-0.3, -0.25) is 5.32 Å². The molecule has 4 rings (SSSR count). The zero-order valence-corrected chi connectivity index (χ0v) is 29.9. The Balaban J connectivity index is 0.000000305. The van der Waals surface area contributed by atoms with Gasteiger partial charge in [0.05, 0.1) is 21.8 Å². The first-order valence-corrected chi connectivity index (χ1v) is 16.9. The van der Waals surface area contributed by atoms with Gasteiger partial charge in [0, 0.05) is 24.5 Å². The quantitative estimate of drug-likeness (QED) is 0.173. The summed E-state index contributed by atoms with van der Waals surface area (Å²) in [7, 11) is 5.80. The predicted molar refractivity (Wildman–Crippen MR) is 195 cm³/mol. The lowest BCUT2D eigenvalue weighted by Gasteiger charge is -2.31. The molecule has 0 bridgehead atoms. The SMILES string of the molecule is CC.CC(C(Oc1ccccc1Cl)C1=CCC=CC=C1)N(C)C.CCOC(=O)Nc1ccc2nc(N(C)[C@H](CS)C(=O)O)sc2c1. The van der Waals surface area contributed by atoms with Gasteiger partial charge in [0.25, 0.3) is 0 Å². The number of carbonyl (C=O) groups excluding carboxylic acids is 1. The highest BCUT2D eigenvalue weighted by atomic mass is 35.5. The summed E-state index contributed by atoms with van der Waals surface area (Å²) in [5.41, 5.74) is 2.51. The molecule has 46 heavy (non-hydrogen) atoms. The molecule has 1 aliphatic rings. The molecule has 1 amide bonds. The molecule has 0 saturated heterocycles. The van der Waals surface area contributed by atoms with Crippen molar-refractivity contribution in [2.75, 3.05) is 43.7 Å². The lowest BCUT2D eigenvalue weighted by Crippen LogP contribution is -2.41. The molecule has 9 nitrogen and oxygen atoms in total. The lowest BCUT2D eigenvalue weighted by atomic mass is 10.0. The van der Waals surface area contributed by atoms with Crippen LogP contribution in [0.1, 0.15) is 34.1 Å². The third-order valence-corrected chi connectivity index (χ3v) is 8.59. The van der Waals surface area contributed by atoms with Crippen LogP contribution in [0.3, 0.4) is 0 Å². The van der Waals surface area contributed by atoms with E-state index in [1.54, 1.807) is 37.1 Å². The molecule has 3 aromatic rings. The second kappa shape index (κ2) is 19.9. The molecule has 1 aliphatic carbocycles. The number of fused-ring (bicyclic) bond motifs is 1. The van der Waals surface area contributed by atoms with Crippen molar-refractivity contribution in [3.8, 4) is 5.75 Å². The van der Waals surface area contributed by atoms with Crippen LogP contribution in [0.5, 0.6) is 5.75 Å². The van der Waals surface area contributed by atoms with Crippen molar-refractivity contribution in [2.24, 2.45) is 0 Å². The Bertz CT molecular complexity index is 1510. The molecule has 2 N–H and O–H groups in total. The predicted octanol–water partition coefficient (Wildman–Crippen LogP) is 8.19.